The van der Waals surface area contributed by atoms with Crippen LogP contribution in [0.4, 0.5) is 16.3 Å². The normalized spacial score (nSPS) is 17.1. The topological polar surface area (TPSA) is 57.3 Å². The lowest BCUT2D eigenvalue weighted by atomic mass is 10.3. The number of halogens is 2. The first-order chi connectivity index (χ1) is 11.1. The summed E-state index contributed by atoms with van der Waals surface area (Å²) in [6.45, 7) is 1.61. The molecule has 5 nitrogen and oxygen atoms in total. The molecule has 2 N–H and O–H groups in total. The molecule has 1 aliphatic rings. The van der Waals surface area contributed by atoms with Crippen LogP contribution in [0.3, 0.4) is 0 Å². The summed E-state index contributed by atoms with van der Waals surface area (Å²) in [6.07, 6.45) is 2.65. The molecule has 1 fully saturated rings. The van der Waals surface area contributed by atoms with E-state index >= 15 is 0 Å². The van der Waals surface area contributed by atoms with Crippen LogP contribution in [0.1, 0.15) is 6.42 Å². The highest BCUT2D eigenvalue weighted by Crippen LogP contribution is 2.25. The number of amides is 2. The highest BCUT2D eigenvalue weighted by atomic mass is 35.5. The van der Waals surface area contributed by atoms with Crippen molar-refractivity contribution in [2.24, 2.45) is 0 Å². The van der Waals surface area contributed by atoms with Crippen LogP contribution >= 0.6 is 23.2 Å². The molecule has 2 amide bonds. The van der Waals surface area contributed by atoms with Gasteiger partial charge in [-0.3, -0.25) is 0 Å². The van der Waals surface area contributed by atoms with Crippen LogP contribution in [0.15, 0.2) is 42.6 Å². The third-order valence-corrected chi connectivity index (χ3v) is 4.41. The van der Waals surface area contributed by atoms with E-state index in [1.54, 1.807) is 24.4 Å². The molecule has 120 valence electrons. The number of benzene rings is 1. The fourth-order valence-electron chi connectivity index (χ4n) is 2.55. The summed E-state index contributed by atoms with van der Waals surface area (Å²) in [7, 11) is 0. The fourth-order valence-corrected chi connectivity index (χ4v) is 2.85. The van der Waals surface area contributed by atoms with Gasteiger partial charge in [-0.1, -0.05) is 29.3 Å². The van der Waals surface area contributed by atoms with E-state index in [0.29, 0.717) is 15.7 Å². The van der Waals surface area contributed by atoms with Crippen LogP contribution in [0.2, 0.25) is 10.0 Å². The van der Waals surface area contributed by atoms with Gasteiger partial charge in [0, 0.05) is 31.0 Å². The second kappa shape index (κ2) is 7.06. The predicted molar refractivity (Wildman–Crippen MR) is 93.5 cm³/mol. The van der Waals surface area contributed by atoms with Crippen LogP contribution in [-0.2, 0) is 0 Å². The smallest absolute Gasteiger partial charge is 0.319 e. The zero-order chi connectivity index (χ0) is 16.2. The lowest BCUT2D eigenvalue weighted by molar-refractivity contribution is 0.249. The molecule has 0 aliphatic carbocycles. The second-order valence-electron chi connectivity index (χ2n) is 5.35. The maximum atomic E-state index is 12.1. The van der Waals surface area contributed by atoms with E-state index in [2.05, 4.69) is 20.5 Å². The van der Waals surface area contributed by atoms with Gasteiger partial charge < -0.3 is 15.5 Å². The first-order valence-corrected chi connectivity index (χ1v) is 8.06. The standard InChI is InChI=1S/C16H16Cl2N4O/c17-13-5-4-11(9-14(13)18)20-16(23)21-12-6-8-22(10-12)15-3-1-2-7-19-15/h1-5,7,9,12H,6,8,10H2,(H2,20,21,23). The van der Waals surface area contributed by atoms with E-state index < -0.39 is 0 Å². The van der Waals surface area contributed by atoms with Gasteiger partial charge in [0.2, 0.25) is 0 Å². The second-order valence-corrected chi connectivity index (χ2v) is 6.16. The van der Waals surface area contributed by atoms with Crippen molar-refractivity contribution in [1.29, 1.82) is 0 Å². The molecule has 1 aliphatic heterocycles. The summed E-state index contributed by atoms with van der Waals surface area (Å²) in [5, 5.41) is 6.60. The van der Waals surface area contributed by atoms with Crippen molar-refractivity contribution in [3.05, 3.63) is 52.6 Å². The van der Waals surface area contributed by atoms with E-state index in [-0.39, 0.29) is 12.1 Å². The average Bonchev–Trinajstić information content (AvgIpc) is 3.00. The number of nitrogens with zero attached hydrogens (tertiary/aromatic N) is 2. The summed E-state index contributed by atoms with van der Waals surface area (Å²) in [5.74, 6) is 0.932. The molecule has 3 rings (SSSR count). The Morgan fingerprint density at radius 2 is 2.09 bits per heavy atom. The number of pyridine rings is 1. The van der Waals surface area contributed by atoms with E-state index in [1.165, 1.54) is 0 Å². The number of rotatable bonds is 3. The third kappa shape index (κ3) is 4.06. The van der Waals surface area contributed by atoms with Gasteiger partial charge in [0.15, 0.2) is 0 Å². The lowest BCUT2D eigenvalue weighted by Crippen LogP contribution is -2.39. The van der Waals surface area contributed by atoms with Gasteiger partial charge in [0.05, 0.1) is 10.0 Å². The number of aromatic nitrogens is 1. The Bertz CT molecular complexity index is 696. The highest BCUT2D eigenvalue weighted by Gasteiger charge is 2.24. The molecule has 0 spiro atoms. The van der Waals surface area contributed by atoms with Crippen molar-refractivity contribution in [2.45, 2.75) is 12.5 Å². The zero-order valence-corrected chi connectivity index (χ0v) is 13.8. The van der Waals surface area contributed by atoms with Crippen LogP contribution in [0.25, 0.3) is 0 Å². The largest absolute Gasteiger partial charge is 0.354 e. The van der Waals surface area contributed by atoms with Crippen molar-refractivity contribution in [3.8, 4) is 0 Å². The molecule has 7 heteroatoms. The Labute approximate surface area is 144 Å². The molecule has 1 aromatic carbocycles. The van der Waals surface area contributed by atoms with Gasteiger partial charge in [-0.2, -0.15) is 0 Å². The van der Waals surface area contributed by atoms with E-state index in [1.807, 2.05) is 18.2 Å². The summed E-state index contributed by atoms with van der Waals surface area (Å²) in [5.41, 5.74) is 0.608. The number of anilines is 2. The van der Waals surface area contributed by atoms with Gasteiger partial charge in [-0.15, -0.1) is 0 Å². The maximum Gasteiger partial charge on any atom is 0.319 e. The highest BCUT2D eigenvalue weighted by molar-refractivity contribution is 6.42. The Kier molecular flexibility index (Phi) is 4.88. The minimum absolute atomic E-state index is 0.0831. The number of hydrogen-bond acceptors (Lipinski definition) is 3. The Morgan fingerprint density at radius 3 is 2.83 bits per heavy atom. The SMILES string of the molecule is O=C(Nc1ccc(Cl)c(Cl)c1)NC1CCN(c2ccccn2)C1. The molecule has 2 aromatic rings. The maximum absolute atomic E-state index is 12.1. The number of carbonyl (C=O) groups excluding carboxylic acids is 1. The lowest BCUT2D eigenvalue weighted by Gasteiger charge is -2.18. The summed E-state index contributed by atoms with van der Waals surface area (Å²) in [4.78, 5) is 18.6. The molecule has 0 saturated carbocycles. The van der Waals surface area contributed by atoms with Gasteiger partial charge in [-0.25, -0.2) is 9.78 Å². The predicted octanol–water partition coefficient (Wildman–Crippen LogP) is 3.79. The third-order valence-electron chi connectivity index (χ3n) is 3.67. The molecule has 0 bridgehead atoms. The number of hydrogen-bond donors (Lipinski definition) is 2. The summed E-state index contributed by atoms with van der Waals surface area (Å²) in [6, 6.07) is 10.6. The van der Waals surface area contributed by atoms with Gasteiger partial charge in [0.25, 0.3) is 0 Å². The van der Waals surface area contributed by atoms with Crippen molar-refractivity contribution in [3.63, 3.8) is 0 Å². The van der Waals surface area contributed by atoms with Crippen LogP contribution < -0.4 is 15.5 Å². The molecule has 1 saturated heterocycles. The zero-order valence-electron chi connectivity index (χ0n) is 12.3. The van der Waals surface area contributed by atoms with E-state index in [9.17, 15) is 4.79 Å². The molecular weight excluding hydrogens is 335 g/mol. The van der Waals surface area contributed by atoms with Crippen molar-refractivity contribution < 1.29 is 4.79 Å². The molecule has 1 atom stereocenters. The summed E-state index contributed by atoms with van der Waals surface area (Å²) < 4.78 is 0. The molecule has 1 aromatic heterocycles. The molecular formula is C16H16Cl2N4O. The first kappa shape index (κ1) is 15.9. The van der Waals surface area contributed by atoms with Crippen molar-refractivity contribution >= 4 is 40.7 Å². The summed E-state index contributed by atoms with van der Waals surface area (Å²) >= 11 is 11.8. The first-order valence-electron chi connectivity index (χ1n) is 7.30. The monoisotopic (exact) mass is 350 g/mol. The number of carbonyl (C=O) groups is 1. The average molecular weight is 351 g/mol. The number of nitrogens with one attached hydrogen (secondary N) is 2. The van der Waals surface area contributed by atoms with Gasteiger partial charge in [-0.05, 0) is 36.8 Å². The molecule has 23 heavy (non-hydrogen) atoms. The van der Waals surface area contributed by atoms with Crippen molar-refractivity contribution in [2.75, 3.05) is 23.3 Å². The fraction of sp³-hybridized carbons (Fsp3) is 0.250. The van der Waals surface area contributed by atoms with Crippen LogP contribution in [0, 0.1) is 0 Å². The Morgan fingerprint density at radius 1 is 1.22 bits per heavy atom. The van der Waals surface area contributed by atoms with Gasteiger partial charge in [0.1, 0.15) is 5.82 Å². The van der Waals surface area contributed by atoms with Crippen molar-refractivity contribution in [1.82, 2.24) is 10.3 Å². The Hall–Kier alpha value is -1.98. The number of urea groups is 1. The van der Waals surface area contributed by atoms with Crippen LogP contribution in [-0.4, -0.2) is 30.1 Å². The van der Waals surface area contributed by atoms with Crippen LogP contribution in [0.5, 0.6) is 0 Å². The minimum atomic E-state index is -0.253. The molecule has 1 unspecified atom stereocenters. The van der Waals surface area contributed by atoms with Gasteiger partial charge >= 0.3 is 6.03 Å². The van der Waals surface area contributed by atoms with E-state index in [0.717, 1.165) is 25.3 Å². The molecule has 0 radical (unpaired) electrons. The quantitative estimate of drug-likeness (QED) is 0.885. The minimum Gasteiger partial charge on any atom is -0.354 e. The van der Waals surface area contributed by atoms with E-state index in [4.69, 9.17) is 23.2 Å². The molecule has 2 heterocycles. The Balaban J connectivity index is 1.53.